The number of nitrogens with one attached hydrogen (secondary N) is 1. The van der Waals surface area contributed by atoms with E-state index in [0.29, 0.717) is 24.5 Å². The van der Waals surface area contributed by atoms with Crippen LogP contribution in [0, 0.1) is 6.92 Å². The highest BCUT2D eigenvalue weighted by atomic mass is 16.5. The Bertz CT molecular complexity index is 1130. The molecule has 1 aromatic carbocycles. The number of aryl methyl sites for hydroxylation is 2. The summed E-state index contributed by atoms with van der Waals surface area (Å²) in [6.07, 6.45) is 3.90. The standard InChI is InChI=1S/C21H19N5O3/c1-3-16-9-18(26-28-16)21(27)23-10-14-4-6-15(7-5-14)20-17(11-22-12-24-20)19-8-13(2)25-29-19/h4-9,11-12H,3,10H2,1-2H3,(H,23,27). The summed E-state index contributed by atoms with van der Waals surface area (Å²) in [5, 5.41) is 10.6. The largest absolute Gasteiger partial charge is 0.361 e. The molecule has 0 aliphatic heterocycles. The summed E-state index contributed by atoms with van der Waals surface area (Å²) >= 11 is 0. The van der Waals surface area contributed by atoms with Crippen LogP contribution < -0.4 is 5.32 Å². The van der Waals surface area contributed by atoms with Crippen molar-refractivity contribution in [3.05, 3.63) is 71.6 Å². The molecule has 0 bridgehead atoms. The van der Waals surface area contributed by atoms with Crippen molar-refractivity contribution < 1.29 is 13.8 Å². The maximum Gasteiger partial charge on any atom is 0.273 e. The van der Waals surface area contributed by atoms with Gasteiger partial charge in [0, 0.05) is 36.9 Å². The second kappa shape index (κ2) is 8.05. The molecule has 1 amide bonds. The average molecular weight is 389 g/mol. The predicted molar refractivity (Wildman–Crippen MR) is 105 cm³/mol. The van der Waals surface area contributed by atoms with E-state index in [1.165, 1.54) is 6.33 Å². The van der Waals surface area contributed by atoms with Crippen molar-refractivity contribution in [2.24, 2.45) is 0 Å². The molecule has 0 saturated heterocycles. The van der Waals surface area contributed by atoms with Crippen LogP contribution in [0.2, 0.25) is 0 Å². The molecule has 8 nitrogen and oxygen atoms in total. The first kappa shape index (κ1) is 18.5. The van der Waals surface area contributed by atoms with Crippen LogP contribution >= 0.6 is 0 Å². The molecule has 4 rings (SSSR count). The maximum absolute atomic E-state index is 12.2. The molecule has 0 fully saturated rings. The normalized spacial score (nSPS) is 10.8. The van der Waals surface area contributed by atoms with Gasteiger partial charge in [0.1, 0.15) is 12.1 Å². The molecular formula is C21H19N5O3. The summed E-state index contributed by atoms with van der Waals surface area (Å²) in [7, 11) is 0. The molecule has 8 heteroatoms. The minimum atomic E-state index is -0.267. The maximum atomic E-state index is 12.2. The molecule has 0 aliphatic carbocycles. The van der Waals surface area contributed by atoms with Gasteiger partial charge in [-0.25, -0.2) is 9.97 Å². The highest BCUT2D eigenvalue weighted by Gasteiger charge is 2.14. The third-order valence-electron chi connectivity index (χ3n) is 4.43. The Morgan fingerprint density at radius 3 is 2.62 bits per heavy atom. The van der Waals surface area contributed by atoms with Crippen LogP contribution in [0.5, 0.6) is 0 Å². The molecule has 146 valence electrons. The molecule has 0 radical (unpaired) electrons. The van der Waals surface area contributed by atoms with Gasteiger partial charge < -0.3 is 14.4 Å². The number of rotatable bonds is 6. The minimum absolute atomic E-state index is 0.267. The van der Waals surface area contributed by atoms with Gasteiger partial charge in [0.25, 0.3) is 5.91 Å². The summed E-state index contributed by atoms with van der Waals surface area (Å²) in [4.78, 5) is 20.7. The van der Waals surface area contributed by atoms with Gasteiger partial charge in [-0.3, -0.25) is 4.79 Å². The lowest BCUT2D eigenvalue weighted by atomic mass is 10.0. The van der Waals surface area contributed by atoms with E-state index < -0.39 is 0 Å². The van der Waals surface area contributed by atoms with E-state index in [2.05, 4.69) is 25.6 Å². The van der Waals surface area contributed by atoms with Crippen molar-refractivity contribution in [1.82, 2.24) is 25.6 Å². The molecule has 3 aromatic heterocycles. The Morgan fingerprint density at radius 1 is 1.10 bits per heavy atom. The first-order valence-electron chi connectivity index (χ1n) is 9.21. The van der Waals surface area contributed by atoms with Gasteiger partial charge in [0.05, 0.1) is 17.0 Å². The van der Waals surface area contributed by atoms with E-state index in [4.69, 9.17) is 9.05 Å². The quantitative estimate of drug-likeness (QED) is 0.537. The number of aromatic nitrogens is 4. The second-order valence-corrected chi connectivity index (χ2v) is 6.53. The molecule has 0 saturated carbocycles. The fourth-order valence-corrected chi connectivity index (χ4v) is 2.87. The SMILES string of the molecule is CCc1cc(C(=O)NCc2ccc(-c3ncncc3-c3cc(C)no3)cc2)no1. The Labute approximate surface area is 167 Å². The minimum Gasteiger partial charge on any atom is -0.361 e. The van der Waals surface area contributed by atoms with E-state index >= 15 is 0 Å². The van der Waals surface area contributed by atoms with E-state index in [0.717, 1.165) is 28.1 Å². The fourth-order valence-electron chi connectivity index (χ4n) is 2.87. The number of hydrogen-bond donors (Lipinski definition) is 1. The van der Waals surface area contributed by atoms with Crippen molar-refractivity contribution in [3.63, 3.8) is 0 Å². The van der Waals surface area contributed by atoms with Crippen molar-refractivity contribution in [2.75, 3.05) is 0 Å². The fraction of sp³-hybridized carbons (Fsp3) is 0.190. The van der Waals surface area contributed by atoms with Crippen LogP contribution in [-0.2, 0) is 13.0 Å². The smallest absolute Gasteiger partial charge is 0.273 e. The lowest BCUT2D eigenvalue weighted by molar-refractivity contribution is 0.0941. The Hall–Kier alpha value is -3.81. The van der Waals surface area contributed by atoms with Crippen molar-refractivity contribution in [2.45, 2.75) is 26.8 Å². The highest BCUT2D eigenvalue weighted by Crippen LogP contribution is 2.30. The summed E-state index contributed by atoms with van der Waals surface area (Å²) in [6.45, 7) is 4.18. The monoisotopic (exact) mass is 389 g/mol. The first-order chi connectivity index (χ1) is 14.1. The molecule has 0 aliphatic rings. The van der Waals surface area contributed by atoms with Gasteiger partial charge in [-0.15, -0.1) is 0 Å². The molecule has 29 heavy (non-hydrogen) atoms. The zero-order valence-electron chi connectivity index (χ0n) is 16.0. The van der Waals surface area contributed by atoms with Crippen LogP contribution in [0.25, 0.3) is 22.6 Å². The second-order valence-electron chi connectivity index (χ2n) is 6.53. The molecule has 3 heterocycles. The molecular weight excluding hydrogens is 370 g/mol. The van der Waals surface area contributed by atoms with Gasteiger partial charge >= 0.3 is 0 Å². The predicted octanol–water partition coefficient (Wildman–Crippen LogP) is 3.59. The first-order valence-corrected chi connectivity index (χ1v) is 9.21. The third-order valence-corrected chi connectivity index (χ3v) is 4.43. The van der Waals surface area contributed by atoms with E-state index in [-0.39, 0.29) is 11.6 Å². The number of hydrogen-bond acceptors (Lipinski definition) is 7. The zero-order chi connectivity index (χ0) is 20.2. The molecule has 0 unspecified atom stereocenters. The summed E-state index contributed by atoms with van der Waals surface area (Å²) in [5.41, 5.74) is 4.46. The number of carbonyl (C=O) groups excluding carboxylic acids is 1. The lowest BCUT2D eigenvalue weighted by Gasteiger charge is -2.07. The van der Waals surface area contributed by atoms with Crippen LogP contribution in [0.4, 0.5) is 0 Å². The Morgan fingerprint density at radius 2 is 1.93 bits per heavy atom. The van der Waals surface area contributed by atoms with Crippen LogP contribution in [0.3, 0.4) is 0 Å². The van der Waals surface area contributed by atoms with Gasteiger partial charge in [-0.1, -0.05) is 41.5 Å². The van der Waals surface area contributed by atoms with E-state index in [1.807, 2.05) is 44.2 Å². The number of benzene rings is 1. The zero-order valence-corrected chi connectivity index (χ0v) is 16.0. The average Bonchev–Trinajstić information content (AvgIpc) is 3.41. The third kappa shape index (κ3) is 4.06. The van der Waals surface area contributed by atoms with Crippen molar-refractivity contribution >= 4 is 5.91 Å². The van der Waals surface area contributed by atoms with Crippen LogP contribution in [0.1, 0.15) is 34.4 Å². The molecule has 1 N–H and O–H groups in total. The van der Waals surface area contributed by atoms with E-state index in [1.54, 1.807) is 12.3 Å². The Kier molecular flexibility index (Phi) is 5.15. The molecule has 0 spiro atoms. The summed E-state index contributed by atoms with van der Waals surface area (Å²) in [5.74, 6) is 1.03. The summed E-state index contributed by atoms with van der Waals surface area (Å²) in [6, 6.07) is 11.3. The van der Waals surface area contributed by atoms with Crippen molar-refractivity contribution in [1.29, 1.82) is 0 Å². The Balaban J connectivity index is 1.48. The highest BCUT2D eigenvalue weighted by molar-refractivity contribution is 5.92. The van der Waals surface area contributed by atoms with Crippen molar-refractivity contribution in [3.8, 4) is 22.6 Å². The van der Waals surface area contributed by atoms with Gasteiger partial charge in [-0.05, 0) is 12.5 Å². The van der Waals surface area contributed by atoms with Crippen LogP contribution in [0.15, 0.2) is 58.0 Å². The lowest BCUT2D eigenvalue weighted by Crippen LogP contribution is -2.23. The number of nitrogens with zero attached hydrogens (tertiary/aromatic N) is 4. The van der Waals surface area contributed by atoms with E-state index in [9.17, 15) is 4.79 Å². The number of carbonyl (C=O) groups is 1. The van der Waals surface area contributed by atoms with Gasteiger partial charge in [0.15, 0.2) is 11.5 Å². The molecule has 4 aromatic rings. The van der Waals surface area contributed by atoms with Gasteiger partial charge in [0.2, 0.25) is 0 Å². The topological polar surface area (TPSA) is 107 Å². The van der Waals surface area contributed by atoms with Crippen LogP contribution in [-0.4, -0.2) is 26.2 Å². The number of amides is 1. The molecule has 0 atom stereocenters. The van der Waals surface area contributed by atoms with Gasteiger partial charge in [-0.2, -0.15) is 0 Å². The summed E-state index contributed by atoms with van der Waals surface area (Å²) < 4.78 is 10.4.